The van der Waals surface area contributed by atoms with Crippen LogP contribution >= 0.6 is 0 Å². The van der Waals surface area contributed by atoms with E-state index < -0.39 is 0 Å². The van der Waals surface area contributed by atoms with Crippen molar-refractivity contribution in [3.8, 4) is 17.2 Å². The summed E-state index contributed by atoms with van der Waals surface area (Å²) in [5.74, 6) is 4.10. The van der Waals surface area contributed by atoms with Crippen molar-refractivity contribution >= 4 is 5.82 Å². The van der Waals surface area contributed by atoms with Gasteiger partial charge in [0.15, 0.2) is 11.5 Å². The van der Waals surface area contributed by atoms with Gasteiger partial charge in [-0.25, -0.2) is 9.97 Å². The van der Waals surface area contributed by atoms with E-state index in [-0.39, 0.29) is 6.04 Å². The Morgan fingerprint density at radius 2 is 1.90 bits per heavy atom. The molecule has 0 aliphatic carbocycles. The molecule has 30 heavy (non-hydrogen) atoms. The molecule has 0 amide bonds. The minimum atomic E-state index is 0.176. The number of methoxy groups -OCH3 is 1. The van der Waals surface area contributed by atoms with Crippen LogP contribution < -0.4 is 24.8 Å². The van der Waals surface area contributed by atoms with E-state index >= 15 is 0 Å². The van der Waals surface area contributed by atoms with Crippen molar-refractivity contribution in [3.05, 3.63) is 35.3 Å². The Bertz CT molecular complexity index is 876. The van der Waals surface area contributed by atoms with Gasteiger partial charge in [-0.2, -0.15) is 0 Å². The largest absolute Gasteiger partial charge is 0.496 e. The standard InChI is InChI=1S/C22H31N5O3/c1-23-13-16-11-21(24-2)26-22(25-16)17-6-4-7-27(17)14-15-10-19-20(12-18(15)28-3)30-9-5-8-29-19/h10-12,17,23H,4-9,13-14H2,1-3H3,(H,24,25,26)/t17-/m1/s1. The molecule has 0 spiro atoms. The van der Waals surface area contributed by atoms with Crippen LogP contribution in [0, 0.1) is 0 Å². The van der Waals surface area contributed by atoms with Crippen LogP contribution in [0.2, 0.25) is 0 Å². The molecule has 0 saturated carbocycles. The topological polar surface area (TPSA) is 80.8 Å². The van der Waals surface area contributed by atoms with E-state index in [4.69, 9.17) is 24.2 Å². The monoisotopic (exact) mass is 413 g/mol. The highest BCUT2D eigenvalue weighted by Gasteiger charge is 2.30. The van der Waals surface area contributed by atoms with Crippen molar-refractivity contribution in [3.63, 3.8) is 0 Å². The maximum absolute atomic E-state index is 5.90. The van der Waals surface area contributed by atoms with Gasteiger partial charge >= 0.3 is 0 Å². The van der Waals surface area contributed by atoms with Gasteiger partial charge in [0.2, 0.25) is 0 Å². The average molecular weight is 414 g/mol. The van der Waals surface area contributed by atoms with Crippen molar-refractivity contribution in [2.24, 2.45) is 0 Å². The maximum atomic E-state index is 5.90. The van der Waals surface area contributed by atoms with Gasteiger partial charge in [-0.15, -0.1) is 0 Å². The molecule has 1 aromatic heterocycles. The van der Waals surface area contributed by atoms with Crippen LogP contribution in [0.4, 0.5) is 5.82 Å². The van der Waals surface area contributed by atoms with Crippen molar-refractivity contribution in [2.45, 2.75) is 38.4 Å². The van der Waals surface area contributed by atoms with Crippen molar-refractivity contribution in [1.29, 1.82) is 0 Å². The smallest absolute Gasteiger partial charge is 0.164 e. The molecular formula is C22H31N5O3. The number of hydrogen-bond donors (Lipinski definition) is 2. The molecule has 0 radical (unpaired) electrons. The van der Waals surface area contributed by atoms with Crippen LogP contribution in [-0.2, 0) is 13.1 Å². The summed E-state index contributed by atoms with van der Waals surface area (Å²) in [4.78, 5) is 12.0. The summed E-state index contributed by atoms with van der Waals surface area (Å²) in [6.45, 7) is 3.80. The van der Waals surface area contributed by atoms with E-state index in [1.54, 1.807) is 7.11 Å². The first-order valence-electron chi connectivity index (χ1n) is 10.6. The molecule has 8 heteroatoms. The van der Waals surface area contributed by atoms with E-state index in [2.05, 4.69) is 21.6 Å². The second-order valence-electron chi connectivity index (χ2n) is 7.67. The van der Waals surface area contributed by atoms with E-state index in [1.165, 1.54) is 0 Å². The van der Waals surface area contributed by atoms with Crippen LogP contribution in [0.3, 0.4) is 0 Å². The number of anilines is 1. The molecule has 1 fully saturated rings. The first-order chi connectivity index (χ1) is 14.7. The lowest BCUT2D eigenvalue weighted by Gasteiger charge is -2.25. The summed E-state index contributed by atoms with van der Waals surface area (Å²) in [6.07, 6.45) is 3.04. The number of nitrogens with one attached hydrogen (secondary N) is 2. The minimum Gasteiger partial charge on any atom is -0.496 e. The lowest BCUT2D eigenvalue weighted by molar-refractivity contribution is 0.235. The molecule has 2 aliphatic heterocycles. The molecule has 0 bridgehead atoms. The molecule has 0 unspecified atom stereocenters. The molecule has 1 saturated heterocycles. The SMILES string of the molecule is CNCc1cc(NC)nc([C@H]2CCCN2Cc2cc3c(cc2OC)OCCCO3)n1. The highest BCUT2D eigenvalue weighted by atomic mass is 16.5. The van der Waals surface area contributed by atoms with Crippen LogP contribution in [0.15, 0.2) is 18.2 Å². The fourth-order valence-electron chi connectivity index (χ4n) is 4.14. The summed E-state index contributed by atoms with van der Waals surface area (Å²) >= 11 is 0. The number of hydrogen-bond acceptors (Lipinski definition) is 8. The van der Waals surface area contributed by atoms with Crippen LogP contribution in [0.25, 0.3) is 0 Å². The van der Waals surface area contributed by atoms with E-state index in [0.717, 1.165) is 72.5 Å². The van der Waals surface area contributed by atoms with E-state index in [9.17, 15) is 0 Å². The minimum absolute atomic E-state index is 0.176. The van der Waals surface area contributed by atoms with Crippen molar-refractivity contribution in [1.82, 2.24) is 20.2 Å². The molecule has 2 N–H and O–H groups in total. The third-order valence-electron chi connectivity index (χ3n) is 5.60. The van der Waals surface area contributed by atoms with Gasteiger partial charge in [-0.1, -0.05) is 0 Å². The average Bonchev–Trinajstić information content (AvgIpc) is 3.10. The highest BCUT2D eigenvalue weighted by Crippen LogP contribution is 2.39. The fourth-order valence-corrected chi connectivity index (χ4v) is 4.14. The number of likely N-dealkylation sites (tertiary alicyclic amines) is 1. The zero-order valence-corrected chi connectivity index (χ0v) is 18.0. The van der Waals surface area contributed by atoms with Gasteiger partial charge in [-0.05, 0) is 32.5 Å². The van der Waals surface area contributed by atoms with Gasteiger partial charge in [-0.3, -0.25) is 4.90 Å². The first kappa shape index (κ1) is 20.7. The van der Waals surface area contributed by atoms with Crippen LogP contribution in [0.1, 0.15) is 42.4 Å². The third-order valence-corrected chi connectivity index (χ3v) is 5.60. The summed E-state index contributed by atoms with van der Waals surface area (Å²) in [5.41, 5.74) is 2.08. The molecule has 3 heterocycles. The molecule has 1 atom stereocenters. The number of nitrogens with zero attached hydrogens (tertiary/aromatic N) is 3. The number of fused-ring (bicyclic) bond motifs is 1. The normalized spacial score (nSPS) is 18.8. The zero-order valence-electron chi connectivity index (χ0n) is 18.0. The molecule has 162 valence electrons. The Kier molecular flexibility index (Phi) is 6.54. The van der Waals surface area contributed by atoms with Crippen LogP contribution in [-0.4, -0.2) is 55.8 Å². The first-order valence-corrected chi connectivity index (χ1v) is 10.6. The van der Waals surface area contributed by atoms with E-state index in [0.29, 0.717) is 19.8 Å². The number of ether oxygens (including phenoxy) is 3. The number of rotatable bonds is 7. The van der Waals surface area contributed by atoms with Gasteiger partial charge in [0.25, 0.3) is 0 Å². The lowest BCUT2D eigenvalue weighted by atomic mass is 10.1. The predicted octanol–water partition coefficient (Wildman–Crippen LogP) is 2.74. The molecule has 4 rings (SSSR count). The van der Waals surface area contributed by atoms with E-state index in [1.807, 2.05) is 26.2 Å². The zero-order chi connectivity index (χ0) is 20.9. The summed E-state index contributed by atoms with van der Waals surface area (Å²) in [6, 6.07) is 6.18. The summed E-state index contributed by atoms with van der Waals surface area (Å²) < 4.78 is 17.4. The molecule has 2 aliphatic rings. The molecule has 1 aromatic carbocycles. The summed E-state index contributed by atoms with van der Waals surface area (Å²) in [5, 5.41) is 6.34. The van der Waals surface area contributed by atoms with Gasteiger partial charge in [0.05, 0.1) is 32.1 Å². The second-order valence-corrected chi connectivity index (χ2v) is 7.67. The summed E-state index contributed by atoms with van der Waals surface area (Å²) in [7, 11) is 5.52. The number of benzene rings is 1. The Balaban J connectivity index is 1.60. The Hall–Kier alpha value is -2.58. The Labute approximate surface area is 177 Å². The number of aromatic nitrogens is 2. The highest BCUT2D eigenvalue weighted by molar-refractivity contribution is 5.51. The molecule has 8 nitrogen and oxygen atoms in total. The van der Waals surface area contributed by atoms with Gasteiger partial charge in [0.1, 0.15) is 17.4 Å². The maximum Gasteiger partial charge on any atom is 0.164 e. The molecular weight excluding hydrogens is 382 g/mol. The molecule has 2 aromatic rings. The van der Waals surface area contributed by atoms with Crippen LogP contribution in [0.5, 0.6) is 17.2 Å². The van der Waals surface area contributed by atoms with Crippen molar-refractivity contribution in [2.75, 3.05) is 46.3 Å². The quantitative estimate of drug-likeness (QED) is 0.717. The lowest BCUT2D eigenvalue weighted by Crippen LogP contribution is -2.25. The predicted molar refractivity (Wildman–Crippen MR) is 115 cm³/mol. The Morgan fingerprint density at radius 1 is 1.10 bits per heavy atom. The second kappa shape index (κ2) is 9.49. The third kappa shape index (κ3) is 4.44. The van der Waals surface area contributed by atoms with Gasteiger partial charge < -0.3 is 24.8 Å². The Morgan fingerprint density at radius 3 is 2.63 bits per heavy atom. The van der Waals surface area contributed by atoms with Gasteiger partial charge in [0, 0.05) is 44.3 Å². The van der Waals surface area contributed by atoms with Crippen molar-refractivity contribution < 1.29 is 14.2 Å². The fraction of sp³-hybridized carbons (Fsp3) is 0.545.